The number of nitrogens with zero attached hydrogens (tertiary/aromatic N) is 1. The summed E-state index contributed by atoms with van der Waals surface area (Å²) in [6.07, 6.45) is 4.43. The summed E-state index contributed by atoms with van der Waals surface area (Å²) in [7, 11) is 3.43. The molecule has 0 aliphatic carbocycles. The Hall–Kier alpha value is -3.69. The molecule has 1 aliphatic rings. The minimum absolute atomic E-state index is 0.205. The second kappa shape index (κ2) is 7.14. The van der Waals surface area contributed by atoms with Crippen LogP contribution in [0.15, 0.2) is 48.8 Å². The van der Waals surface area contributed by atoms with Gasteiger partial charge in [0, 0.05) is 30.6 Å². The molecule has 1 aliphatic heterocycles. The summed E-state index contributed by atoms with van der Waals surface area (Å²) in [6, 6.07) is 11.0. The van der Waals surface area contributed by atoms with E-state index in [2.05, 4.69) is 22.1 Å². The van der Waals surface area contributed by atoms with Crippen molar-refractivity contribution in [1.29, 1.82) is 0 Å². The van der Waals surface area contributed by atoms with Crippen molar-refractivity contribution < 1.29 is 14.6 Å². The average Bonchev–Trinajstić information content (AvgIpc) is 3.39. The number of aromatic nitrogens is 2. The highest BCUT2D eigenvalue weighted by molar-refractivity contribution is 6.35. The molecule has 3 aromatic rings. The number of aliphatic hydroxyl groups is 1. The first-order chi connectivity index (χ1) is 13.6. The zero-order valence-electron chi connectivity index (χ0n) is 15.5. The van der Waals surface area contributed by atoms with E-state index in [9.17, 15) is 9.90 Å². The van der Waals surface area contributed by atoms with Crippen molar-refractivity contribution in [2.24, 2.45) is 7.05 Å². The predicted molar refractivity (Wildman–Crippen MR) is 108 cm³/mol. The number of aliphatic hydroxyl groups excluding tert-OH is 1. The maximum absolute atomic E-state index is 12.5. The zero-order valence-corrected chi connectivity index (χ0v) is 15.5. The Balaban J connectivity index is 1.76. The Bertz CT molecular complexity index is 1140. The molecule has 6 heteroatoms. The van der Waals surface area contributed by atoms with Crippen LogP contribution in [0.5, 0.6) is 5.75 Å². The maximum atomic E-state index is 12.5. The number of benzene rings is 1. The van der Waals surface area contributed by atoms with Crippen LogP contribution in [0, 0.1) is 11.8 Å². The van der Waals surface area contributed by atoms with Crippen molar-refractivity contribution in [2.45, 2.75) is 6.10 Å². The molecular formula is C22H19N3O3. The SMILES string of the molecule is COc1cc[nH]c1/C=C1\C(=O)Nc2cccc(C#CC(O)c3cccn3C)c21. The third-order valence-electron chi connectivity index (χ3n) is 4.68. The number of fused-ring (bicyclic) bond motifs is 1. The van der Waals surface area contributed by atoms with Crippen LogP contribution in [0.25, 0.3) is 11.6 Å². The summed E-state index contributed by atoms with van der Waals surface area (Å²) in [5.74, 6) is 6.35. The standard InChI is InChI=1S/C22H19N3O3/c1-25-12-4-7-18(25)19(26)9-8-14-5-3-6-16-21(14)15(22(27)24-16)13-17-20(28-2)10-11-23-17/h3-7,10-13,19,23,26H,1-2H3,(H,24,27)/b15-13-. The van der Waals surface area contributed by atoms with Crippen LogP contribution in [0.4, 0.5) is 5.69 Å². The first-order valence-electron chi connectivity index (χ1n) is 8.77. The van der Waals surface area contributed by atoms with Crippen LogP contribution in [0.2, 0.25) is 0 Å². The number of aryl methyl sites for hydroxylation is 1. The summed E-state index contributed by atoms with van der Waals surface area (Å²) in [5, 5.41) is 13.2. The number of methoxy groups -OCH3 is 1. The molecule has 1 unspecified atom stereocenters. The fraction of sp³-hybridized carbons (Fsp3) is 0.136. The molecule has 0 saturated carbocycles. The molecule has 28 heavy (non-hydrogen) atoms. The number of ether oxygens (including phenoxy) is 1. The van der Waals surface area contributed by atoms with Gasteiger partial charge in [0.05, 0.1) is 29.8 Å². The van der Waals surface area contributed by atoms with E-state index in [-0.39, 0.29) is 5.91 Å². The van der Waals surface area contributed by atoms with Gasteiger partial charge in [-0.3, -0.25) is 4.79 Å². The summed E-state index contributed by atoms with van der Waals surface area (Å²) < 4.78 is 7.13. The zero-order chi connectivity index (χ0) is 19.7. The number of anilines is 1. The van der Waals surface area contributed by atoms with Crippen LogP contribution >= 0.6 is 0 Å². The van der Waals surface area contributed by atoms with Crippen molar-refractivity contribution in [2.75, 3.05) is 12.4 Å². The van der Waals surface area contributed by atoms with Gasteiger partial charge in [-0.25, -0.2) is 0 Å². The molecule has 2 aromatic heterocycles. The molecule has 0 saturated heterocycles. The molecule has 6 nitrogen and oxygen atoms in total. The predicted octanol–water partition coefficient (Wildman–Crippen LogP) is 2.94. The molecule has 0 fully saturated rings. The van der Waals surface area contributed by atoms with Gasteiger partial charge in [0.2, 0.25) is 0 Å². The lowest BCUT2D eigenvalue weighted by Gasteiger charge is -2.06. The number of amides is 1. The van der Waals surface area contributed by atoms with Gasteiger partial charge in [-0.1, -0.05) is 17.9 Å². The van der Waals surface area contributed by atoms with E-state index in [0.717, 1.165) is 5.56 Å². The number of aromatic amines is 1. The number of carbonyl (C=O) groups is 1. The Labute approximate surface area is 162 Å². The first-order valence-corrected chi connectivity index (χ1v) is 8.77. The lowest BCUT2D eigenvalue weighted by Crippen LogP contribution is -2.03. The Morgan fingerprint density at radius 2 is 2.11 bits per heavy atom. The van der Waals surface area contributed by atoms with Crippen molar-refractivity contribution in [1.82, 2.24) is 9.55 Å². The fourth-order valence-corrected chi connectivity index (χ4v) is 3.27. The van der Waals surface area contributed by atoms with Crippen molar-refractivity contribution in [3.63, 3.8) is 0 Å². The van der Waals surface area contributed by atoms with Crippen LogP contribution in [0.1, 0.15) is 28.6 Å². The van der Waals surface area contributed by atoms with Crippen LogP contribution < -0.4 is 10.1 Å². The number of rotatable bonds is 3. The number of H-pyrrole nitrogens is 1. The van der Waals surface area contributed by atoms with Crippen molar-refractivity contribution in [3.8, 4) is 17.6 Å². The second-order valence-corrected chi connectivity index (χ2v) is 6.42. The van der Waals surface area contributed by atoms with Gasteiger partial charge in [0.25, 0.3) is 5.91 Å². The lowest BCUT2D eigenvalue weighted by atomic mass is 9.99. The van der Waals surface area contributed by atoms with Crippen LogP contribution in [-0.4, -0.2) is 27.7 Å². The van der Waals surface area contributed by atoms with Crippen LogP contribution in [0.3, 0.4) is 0 Å². The first kappa shape index (κ1) is 17.7. The second-order valence-electron chi connectivity index (χ2n) is 6.42. The number of hydrogen-bond acceptors (Lipinski definition) is 3. The highest BCUT2D eigenvalue weighted by Gasteiger charge is 2.27. The molecule has 1 aromatic carbocycles. The third kappa shape index (κ3) is 3.08. The Kier molecular flexibility index (Phi) is 4.52. The van der Waals surface area contributed by atoms with E-state index >= 15 is 0 Å². The molecule has 140 valence electrons. The third-order valence-corrected chi connectivity index (χ3v) is 4.68. The highest BCUT2D eigenvalue weighted by Crippen LogP contribution is 2.36. The summed E-state index contributed by atoms with van der Waals surface area (Å²) >= 11 is 0. The molecular weight excluding hydrogens is 354 g/mol. The molecule has 0 radical (unpaired) electrons. The molecule has 1 atom stereocenters. The molecule has 0 spiro atoms. The van der Waals surface area contributed by atoms with Crippen LogP contribution in [-0.2, 0) is 11.8 Å². The van der Waals surface area contributed by atoms with Crippen molar-refractivity contribution in [3.05, 3.63) is 71.3 Å². The Morgan fingerprint density at radius 1 is 1.25 bits per heavy atom. The minimum Gasteiger partial charge on any atom is -0.495 e. The smallest absolute Gasteiger partial charge is 0.256 e. The van der Waals surface area contributed by atoms with Gasteiger partial charge in [-0.15, -0.1) is 0 Å². The summed E-state index contributed by atoms with van der Waals surface area (Å²) in [4.78, 5) is 15.6. The van der Waals surface area contributed by atoms with E-state index in [0.29, 0.717) is 34.0 Å². The van der Waals surface area contributed by atoms with Gasteiger partial charge in [0.15, 0.2) is 6.10 Å². The van der Waals surface area contributed by atoms with Gasteiger partial charge >= 0.3 is 0 Å². The number of nitrogens with one attached hydrogen (secondary N) is 2. The van der Waals surface area contributed by atoms with E-state index in [1.807, 2.05) is 48.1 Å². The van der Waals surface area contributed by atoms with E-state index in [4.69, 9.17) is 4.74 Å². The van der Waals surface area contributed by atoms with Gasteiger partial charge in [-0.2, -0.15) is 0 Å². The van der Waals surface area contributed by atoms with Gasteiger partial charge in [0.1, 0.15) is 5.75 Å². The molecule has 0 bridgehead atoms. The van der Waals surface area contributed by atoms with E-state index in [1.165, 1.54) is 0 Å². The Morgan fingerprint density at radius 3 is 2.86 bits per heavy atom. The quantitative estimate of drug-likeness (QED) is 0.488. The largest absolute Gasteiger partial charge is 0.495 e. The van der Waals surface area contributed by atoms with Gasteiger partial charge in [-0.05, 0) is 36.4 Å². The lowest BCUT2D eigenvalue weighted by molar-refractivity contribution is -0.110. The topological polar surface area (TPSA) is 79.3 Å². The fourth-order valence-electron chi connectivity index (χ4n) is 3.27. The van der Waals surface area contributed by atoms with E-state index in [1.54, 1.807) is 25.4 Å². The van der Waals surface area contributed by atoms with Crippen molar-refractivity contribution >= 4 is 23.2 Å². The minimum atomic E-state index is -0.920. The molecule has 4 rings (SSSR count). The molecule has 3 N–H and O–H groups in total. The summed E-state index contributed by atoms with van der Waals surface area (Å²) in [5.41, 5.74) is 3.99. The highest BCUT2D eigenvalue weighted by atomic mass is 16.5. The average molecular weight is 373 g/mol. The van der Waals surface area contributed by atoms with Gasteiger partial charge < -0.3 is 24.7 Å². The molecule has 3 heterocycles. The number of hydrogen-bond donors (Lipinski definition) is 3. The maximum Gasteiger partial charge on any atom is 0.256 e. The van der Waals surface area contributed by atoms with E-state index < -0.39 is 6.10 Å². The molecule has 1 amide bonds. The number of carbonyl (C=O) groups excluding carboxylic acids is 1. The normalized spacial score (nSPS) is 15.0. The monoisotopic (exact) mass is 373 g/mol. The summed E-state index contributed by atoms with van der Waals surface area (Å²) in [6.45, 7) is 0.